The molecule has 4 aromatic rings. The van der Waals surface area contributed by atoms with Gasteiger partial charge in [0.15, 0.2) is 0 Å². The second kappa shape index (κ2) is 6.30. The highest BCUT2D eigenvalue weighted by atomic mass is 32.1. The average Bonchev–Trinajstić information content (AvgIpc) is 3.10. The fourth-order valence-corrected chi connectivity index (χ4v) is 4.93. The van der Waals surface area contributed by atoms with E-state index in [0.29, 0.717) is 0 Å². The smallest absolute Gasteiger partial charge is 0.185 e. The predicted octanol–water partition coefficient (Wildman–Crippen LogP) is 4.49. The lowest BCUT2D eigenvalue weighted by Crippen LogP contribution is -2.28. The molecular weight excluding hydrogens is 332 g/mol. The molecule has 2 nitrogen and oxygen atoms in total. The first-order valence-electron chi connectivity index (χ1n) is 7.84. The van der Waals surface area contributed by atoms with Crippen molar-refractivity contribution in [2.75, 3.05) is 0 Å². The molecule has 24 heavy (non-hydrogen) atoms. The molecule has 0 aliphatic rings. The van der Waals surface area contributed by atoms with Crippen molar-refractivity contribution in [3.8, 4) is 0 Å². The predicted molar refractivity (Wildman–Crippen MR) is 104 cm³/mol. The van der Waals surface area contributed by atoms with Crippen LogP contribution in [0.15, 0.2) is 60.7 Å². The maximum atomic E-state index is 2.24. The molecule has 0 spiro atoms. The number of fused-ring (bicyclic) bond motifs is 2. The minimum atomic E-state index is 1.25. The Kier molecular flexibility index (Phi) is 4.00. The molecule has 4 rings (SSSR count). The summed E-state index contributed by atoms with van der Waals surface area (Å²) < 4.78 is 7.12. The minimum absolute atomic E-state index is 1.25. The van der Waals surface area contributed by atoms with Gasteiger partial charge in [0.05, 0.1) is 0 Å². The van der Waals surface area contributed by atoms with E-state index in [0.717, 1.165) is 0 Å². The van der Waals surface area contributed by atoms with Crippen LogP contribution in [0.3, 0.4) is 0 Å². The number of hydrogen-bond donors (Lipinski definition) is 0. The molecule has 118 valence electrons. The Morgan fingerprint density at radius 1 is 0.667 bits per heavy atom. The molecular formula is C20H18N2S2+2. The zero-order valence-electron chi connectivity index (χ0n) is 13.6. The monoisotopic (exact) mass is 350 g/mol. The summed E-state index contributed by atoms with van der Waals surface area (Å²) in [5.41, 5.74) is 2.56. The third-order valence-electron chi connectivity index (χ3n) is 4.13. The molecule has 0 saturated carbocycles. The molecule has 0 amide bonds. The summed E-state index contributed by atoms with van der Waals surface area (Å²) in [6, 6.07) is 17.0. The quantitative estimate of drug-likeness (QED) is 0.380. The summed E-state index contributed by atoms with van der Waals surface area (Å²) in [6.07, 6.45) is 8.59. The normalized spacial score (nSPS) is 12.2. The van der Waals surface area contributed by atoms with E-state index < -0.39 is 0 Å². The molecule has 0 atom stereocenters. The Hall–Kier alpha value is -2.30. The summed E-state index contributed by atoms with van der Waals surface area (Å²) in [5.74, 6) is 0. The van der Waals surface area contributed by atoms with Crippen LogP contribution in [0.5, 0.6) is 0 Å². The number of rotatable bonds is 3. The number of nitrogens with zero attached hydrogens (tertiary/aromatic N) is 2. The Morgan fingerprint density at radius 2 is 1.08 bits per heavy atom. The van der Waals surface area contributed by atoms with Crippen molar-refractivity contribution in [3.05, 3.63) is 70.7 Å². The highest BCUT2D eigenvalue weighted by molar-refractivity contribution is 7.19. The Balaban J connectivity index is 1.60. The van der Waals surface area contributed by atoms with Crippen LogP contribution in [0.1, 0.15) is 10.0 Å². The lowest BCUT2D eigenvalue weighted by molar-refractivity contribution is -0.642. The fraction of sp³-hybridized carbons (Fsp3) is 0.100. The fourth-order valence-electron chi connectivity index (χ4n) is 2.81. The lowest BCUT2D eigenvalue weighted by Gasteiger charge is -1.85. The van der Waals surface area contributed by atoms with Crippen LogP contribution < -0.4 is 9.13 Å². The van der Waals surface area contributed by atoms with Gasteiger partial charge in [0.2, 0.25) is 11.0 Å². The zero-order valence-corrected chi connectivity index (χ0v) is 15.3. The molecule has 0 fully saturated rings. The van der Waals surface area contributed by atoms with E-state index in [9.17, 15) is 0 Å². The number of aromatic nitrogens is 2. The maximum absolute atomic E-state index is 2.24. The number of thiazole rings is 2. The lowest BCUT2D eigenvalue weighted by atomic mass is 10.3. The van der Waals surface area contributed by atoms with Crippen molar-refractivity contribution >= 4 is 55.3 Å². The van der Waals surface area contributed by atoms with Crippen LogP contribution in [0.25, 0.3) is 32.6 Å². The van der Waals surface area contributed by atoms with Gasteiger partial charge in [-0.15, -0.1) is 0 Å². The second-order valence-electron chi connectivity index (χ2n) is 5.65. The van der Waals surface area contributed by atoms with Crippen LogP contribution in [0.4, 0.5) is 0 Å². The van der Waals surface area contributed by atoms with Gasteiger partial charge >= 0.3 is 0 Å². The van der Waals surface area contributed by atoms with Crippen LogP contribution in [-0.2, 0) is 14.1 Å². The molecule has 0 N–H and O–H groups in total. The number of aryl methyl sites for hydroxylation is 2. The molecule has 0 aliphatic carbocycles. The van der Waals surface area contributed by atoms with E-state index in [1.54, 1.807) is 0 Å². The van der Waals surface area contributed by atoms with Gasteiger partial charge in [-0.2, -0.15) is 9.13 Å². The van der Waals surface area contributed by atoms with Crippen molar-refractivity contribution in [2.24, 2.45) is 14.1 Å². The molecule has 0 unspecified atom stereocenters. The first-order chi connectivity index (χ1) is 11.7. The molecule has 0 radical (unpaired) electrons. The highest BCUT2D eigenvalue weighted by Gasteiger charge is 2.14. The van der Waals surface area contributed by atoms with Gasteiger partial charge in [-0.3, -0.25) is 0 Å². The summed E-state index contributed by atoms with van der Waals surface area (Å²) in [7, 11) is 4.24. The topological polar surface area (TPSA) is 7.76 Å². The third kappa shape index (κ3) is 2.68. The van der Waals surface area contributed by atoms with Gasteiger partial charge in [0.1, 0.15) is 23.5 Å². The van der Waals surface area contributed by atoms with Gasteiger partial charge in [-0.05, 0) is 12.1 Å². The van der Waals surface area contributed by atoms with Crippen LogP contribution in [-0.4, -0.2) is 0 Å². The SMILES string of the molecule is C[n+]1c(/C=C/C=C/c2sc3ccccc3[n+]2C)sc2ccccc21. The van der Waals surface area contributed by atoms with Crippen LogP contribution in [0, 0.1) is 0 Å². The van der Waals surface area contributed by atoms with Gasteiger partial charge in [0, 0.05) is 24.3 Å². The summed E-state index contributed by atoms with van der Waals surface area (Å²) in [6.45, 7) is 0. The van der Waals surface area contributed by atoms with Crippen molar-refractivity contribution in [3.63, 3.8) is 0 Å². The minimum Gasteiger partial charge on any atom is -0.185 e. The standard InChI is InChI=1S/C20H18N2S2/c1-21-15-9-3-5-11-17(15)23-19(21)13-7-8-14-20-22(2)16-10-4-6-12-18(16)24-20/h3-14H,1-2H3/q+2/b13-7+,14-8+. The van der Waals surface area contributed by atoms with E-state index in [1.165, 1.54) is 30.4 Å². The van der Waals surface area contributed by atoms with Crippen LogP contribution in [0.2, 0.25) is 0 Å². The first-order valence-corrected chi connectivity index (χ1v) is 9.47. The molecule has 4 heteroatoms. The van der Waals surface area contributed by atoms with Crippen molar-refractivity contribution in [1.29, 1.82) is 0 Å². The second-order valence-corrected chi connectivity index (χ2v) is 7.78. The summed E-state index contributed by atoms with van der Waals surface area (Å²) in [4.78, 5) is 0. The first kappa shape index (κ1) is 15.2. The van der Waals surface area contributed by atoms with E-state index in [4.69, 9.17) is 0 Å². The largest absolute Gasteiger partial charge is 0.262 e. The van der Waals surface area contributed by atoms with Gasteiger partial charge < -0.3 is 0 Å². The Labute approximate surface area is 149 Å². The van der Waals surface area contributed by atoms with Crippen LogP contribution >= 0.6 is 22.7 Å². The number of hydrogen-bond acceptors (Lipinski definition) is 2. The molecule has 2 aromatic heterocycles. The van der Waals surface area contributed by atoms with Crippen molar-refractivity contribution < 1.29 is 9.13 Å². The summed E-state index contributed by atoms with van der Waals surface area (Å²) >= 11 is 3.63. The molecule has 2 heterocycles. The third-order valence-corrected chi connectivity index (χ3v) is 6.50. The van der Waals surface area contributed by atoms with Crippen molar-refractivity contribution in [1.82, 2.24) is 0 Å². The molecule has 0 saturated heterocycles. The Bertz CT molecular complexity index is 996. The van der Waals surface area contributed by atoms with Crippen molar-refractivity contribution in [2.45, 2.75) is 0 Å². The zero-order chi connectivity index (χ0) is 16.5. The number of allylic oxidation sites excluding steroid dienone is 2. The summed E-state index contributed by atoms with van der Waals surface area (Å²) in [5, 5.41) is 2.50. The van der Waals surface area contributed by atoms with E-state index in [-0.39, 0.29) is 0 Å². The number of benzene rings is 2. The maximum Gasteiger partial charge on any atom is 0.262 e. The highest BCUT2D eigenvalue weighted by Crippen LogP contribution is 2.22. The molecule has 2 aromatic carbocycles. The number of para-hydroxylation sites is 2. The van der Waals surface area contributed by atoms with E-state index in [2.05, 4.69) is 96.1 Å². The van der Waals surface area contributed by atoms with E-state index >= 15 is 0 Å². The van der Waals surface area contributed by atoms with E-state index in [1.807, 2.05) is 22.7 Å². The van der Waals surface area contributed by atoms with Gasteiger partial charge in [0.25, 0.3) is 10.0 Å². The molecule has 0 aliphatic heterocycles. The van der Waals surface area contributed by atoms with Gasteiger partial charge in [-0.1, -0.05) is 59.1 Å². The Morgan fingerprint density at radius 3 is 1.50 bits per heavy atom. The average molecular weight is 351 g/mol. The molecule has 0 bridgehead atoms. The van der Waals surface area contributed by atoms with Gasteiger partial charge in [-0.25, -0.2) is 0 Å².